The Morgan fingerprint density at radius 3 is 2.44 bits per heavy atom. The van der Waals surface area contributed by atoms with Crippen LogP contribution in [-0.2, 0) is 4.79 Å². The third kappa shape index (κ3) is 3.36. The molecule has 2 bridgehead atoms. The first-order chi connectivity index (χ1) is 15.5. The summed E-state index contributed by atoms with van der Waals surface area (Å²) in [6.07, 6.45) is 28.3. The molecule has 0 aromatic heterocycles. The monoisotopic (exact) mass is 432 g/mol. The van der Waals surface area contributed by atoms with Crippen LogP contribution >= 0.6 is 0 Å². The Morgan fingerprint density at radius 1 is 0.906 bits per heavy atom. The first-order valence-electron chi connectivity index (χ1n) is 14.4. The van der Waals surface area contributed by atoms with Gasteiger partial charge in [0, 0.05) is 6.42 Å². The zero-order chi connectivity index (χ0) is 21.9. The van der Waals surface area contributed by atoms with Gasteiger partial charge in [-0.1, -0.05) is 95.3 Å². The maximum absolute atomic E-state index is 12.1. The minimum absolute atomic E-state index is 0.254. The number of rotatable bonds is 3. The van der Waals surface area contributed by atoms with Crippen molar-refractivity contribution < 1.29 is 4.79 Å². The number of ketones is 1. The van der Waals surface area contributed by atoms with Crippen molar-refractivity contribution in [3.05, 3.63) is 23.8 Å². The van der Waals surface area contributed by atoms with Crippen LogP contribution in [0.25, 0.3) is 0 Å². The van der Waals surface area contributed by atoms with Gasteiger partial charge in [0.05, 0.1) is 0 Å². The van der Waals surface area contributed by atoms with E-state index in [0.717, 1.165) is 54.9 Å². The van der Waals surface area contributed by atoms with Crippen molar-refractivity contribution in [1.29, 1.82) is 0 Å². The highest BCUT2D eigenvalue weighted by Crippen LogP contribution is 2.66. The van der Waals surface area contributed by atoms with Crippen molar-refractivity contribution in [3.8, 4) is 0 Å². The van der Waals surface area contributed by atoms with Crippen LogP contribution in [0.1, 0.15) is 104 Å². The summed E-state index contributed by atoms with van der Waals surface area (Å²) in [5.41, 5.74) is 2.17. The first-order valence-corrected chi connectivity index (χ1v) is 14.4. The molecule has 2 aliphatic heterocycles. The number of hydrogen-bond donors (Lipinski definition) is 0. The van der Waals surface area contributed by atoms with E-state index in [1.807, 2.05) is 6.08 Å². The number of allylic oxidation sites excluding steroid dienone is 4. The van der Waals surface area contributed by atoms with Crippen molar-refractivity contribution in [2.75, 3.05) is 0 Å². The SMILES string of the molecule is C[C@]12CCC(=O)C=C1C=CC1C2CC[C@@]2(C)C1CC[C@@H]2CCB1C2CCCCC1CCC2. The topological polar surface area (TPSA) is 17.1 Å². The van der Waals surface area contributed by atoms with Crippen molar-refractivity contribution in [3.63, 3.8) is 0 Å². The third-order valence-corrected chi connectivity index (χ3v) is 12.3. The van der Waals surface area contributed by atoms with Gasteiger partial charge in [-0.15, -0.1) is 0 Å². The molecule has 4 aliphatic carbocycles. The average molecular weight is 433 g/mol. The molecule has 0 amide bonds. The van der Waals surface area contributed by atoms with Gasteiger partial charge in [0.1, 0.15) is 6.71 Å². The predicted molar refractivity (Wildman–Crippen MR) is 135 cm³/mol. The largest absolute Gasteiger partial charge is 0.295 e. The minimum Gasteiger partial charge on any atom is -0.295 e. The van der Waals surface area contributed by atoms with Gasteiger partial charge >= 0.3 is 0 Å². The minimum atomic E-state index is 0.254. The molecule has 174 valence electrons. The van der Waals surface area contributed by atoms with Crippen molar-refractivity contribution in [1.82, 2.24) is 0 Å². The van der Waals surface area contributed by atoms with Crippen LogP contribution in [0.3, 0.4) is 0 Å². The van der Waals surface area contributed by atoms with Crippen LogP contribution in [0, 0.1) is 34.5 Å². The molecule has 0 N–H and O–H groups in total. The maximum atomic E-state index is 12.1. The third-order valence-electron chi connectivity index (χ3n) is 12.3. The fourth-order valence-corrected chi connectivity index (χ4v) is 10.4. The van der Waals surface area contributed by atoms with E-state index >= 15 is 0 Å². The van der Waals surface area contributed by atoms with Crippen LogP contribution in [0.15, 0.2) is 23.8 Å². The lowest BCUT2D eigenvalue weighted by Gasteiger charge is -2.56. The Morgan fingerprint density at radius 2 is 1.66 bits per heavy atom. The summed E-state index contributed by atoms with van der Waals surface area (Å²) in [5.74, 6) is 5.85. The molecular weight excluding hydrogens is 387 g/mol. The first kappa shape index (κ1) is 21.7. The average Bonchev–Trinajstić information content (AvgIpc) is 3.08. The van der Waals surface area contributed by atoms with E-state index in [4.69, 9.17) is 0 Å². The lowest BCUT2D eigenvalue weighted by atomic mass is 9.28. The van der Waals surface area contributed by atoms with E-state index < -0.39 is 0 Å². The molecule has 0 aromatic rings. The van der Waals surface area contributed by atoms with E-state index in [1.54, 1.807) is 6.32 Å². The highest BCUT2D eigenvalue weighted by atomic mass is 16.1. The van der Waals surface area contributed by atoms with Crippen LogP contribution in [-0.4, -0.2) is 12.5 Å². The van der Waals surface area contributed by atoms with E-state index in [2.05, 4.69) is 26.0 Å². The smallest absolute Gasteiger partial charge is 0.156 e. The lowest BCUT2D eigenvalue weighted by molar-refractivity contribution is -0.116. The summed E-state index contributed by atoms with van der Waals surface area (Å²) in [6, 6.07) is 0. The molecule has 2 saturated carbocycles. The Hall–Kier alpha value is -0.785. The standard InChI is InChI=1S/C30H45BO/c1-29-18-15-28-26(12-10-22-20-25(32)14-17-30(22,28)2)27(29)13-11-21(29)16-19-31-23-6-3-4-7-24(31)9-5-8-23/h10,12,20-21,23-24,26-28H,3-9,11,13-19H2,1-2H3/t21-,23?,24?,26?,27?,28?,29-,30+/m1/s1. The number of carbonyl (C=O) groups excluding carboxylic acids is 1. The molecule has 6 aliphatic rings. The van der Waals surface area contributed by atoms with Crippen LogP contribution in [0.4, 0.5) is 0 Å². The van der Waals surface area contributed by atoms with E-state index in [0.29, 0.717) is 11.2 Å². The lowest BCUT2D eigenvalue weighted by Crippen LogP contribution is -2.49. The van der Waals surface area contributed by atoms with Gasteiger partial charge in [0.2, 0.25) is 0 Å². The molecule has 2 heteroatoms. The van der Waals surface area contributed by atoms with Gasteiger partial charge in [0.15, 0.2) is 5.78 Å². The maximum Gasteiger partial charge on any atom is 0.156 e. The molecule has 32 heavy (non-hydrogen) atoms. The summed E-state index contributed by atoms with van der Waals surface area (Å²) < 4.78 is 0. The number of fused-ring (bicyclic) bond motifs is 7. The summed E-state index contributed by atoms with van der Waals surface area (Å²) >= 11 is 0. The molecule has 0 radical (unpaired) electrons. The zero-order valence-corrected chi connectivity index (χ0v) is 20.8. The van der Waals surface area contributed by atoms with Crippen molar-refractivity contribution >= 4 is 12.5 Å². The highest BCUT2D eigenvalue weighted by molar-refractivity contribution is 6.62. The molecule has 2 saturated heterocycles. The van der Waals surface area contributed by atoms with Gasteiger partial charge in [0.25, 0.3) is 0 Å². The number of carbonyl (C=O) groups is 1. The second-order valence-corrected chi connectivity index (χ2v) is 13.4. The van der Waals surface area contributed by atoms with E-state index in [-0.39, 0.29) is 5.41 Å². The summed E-state index contributed by atoms with van der Waals surface area (Å²) in [7, 11) is 0. The van der Waals surface area contributed by atoms with Crippen LogP contribution in [0.5, 0.6) is 0 Å². The van der Waals surface area contributed by atoms with Gasteiger partial charge < -0.3 is 0 Å². The normalized spacial score (nSPS) is 47.9. The molecule has 0 spiro atoms. The Balaban J connectivity index is 1.18. The summed E-state index contributed by atoms with van der Waals surface area (Å²) in [5, 5.41) is 0. The molecule has 8 atom stereocenters. The molecule has 5 unspecified atom stereocenters. The molecule has 6 rings (SSSR count). The van der Waals surface area contributed by atoms with Crippen molar-refractivity contribution in [2.24, 2.45) is 34.5 Å². The van der Waals surface area contributed by atoms with Crippen LogP contribution < -0.4 is 0 Å². The Bertz CT molecular complexity index is 798. The summed E-state index contributed by atoms with van der Waals surface area (Å²) in [4.78, 5) is 12.1. The van der Waals surface area contributed by atoms with Gasteiger partial charge in [-0.05, 0) is 78.3 Å². The van der Waals surface area contributed by atoms with Gasteiger partial charge in [-0.2, -0.15) is 0 Å². The second-order valence-electron chi connectivity index (χ2n) is 13.4. The van der Waals surface area contributed by atoms with Gasteiger partial charge in [-0.25, -0.2) is 0 Å². The van der Waals surface area contributed by atoms with E-state index in [1.165, 1.54) is 82.6 Å². The quantitative estimate of drug-likeness (QED) is 0.410. The van der Waals surface area contributed by atoms with Gasteiger partial charge in [-0.3, -0.25) is 4.79 Å². The molecular formula is C30H45BO. The Kier molecular flexibility index (Phi) is 5.54. The molecule has 1 nitrogen and oxygen atoms in total. The highest BCUT2D eigenvalue weighted by Gasteiger charge is 2.57. The zero-order valence-electron chi connectivity index (χ0n) is 20.8. The van der Waals surface area contributed by atoms with Crippen molar-refractivity contribution in [2.45, 2.75) is 122 Å². The molecule has 4 fully saturated rings. The fourth-order valence-electron chi connectivity index (χ4n) is 10.4. The summed E-state index contributed by atoms with van der Waals surface area (Å²) in [6.45, 7) is 6.25. The molecule has 2 heterocycles. The fraction of sp³-hybridized carbons (Fsp3) is 0.833. The number of hydrogen-bond acceptors (Lipinski definition) is 1. The predicted octanol–water partition coefficient (Wildman–Crippen LogP) is 8.29. The molecule has 0 aromatic carbocycles. The second kappa shape index (κ2) is 8.16. The Labute approximate surface area is 197 Å². The van der Waals surface area contributed by atoms with Crippen LogP contribution in [0.2, 0.25) is 18.0 Å². The van der Waals surface area contributed by atoms with E-state index in [9.17, 15) is 4.79 Å².